The number of ketones is 1. The highest BCUT2D eigenvalue weighted by molar-refractivity contribution is 6.05. The maximum atomic E-state index is 12.1. The number of rotatable bonds is 5. The highest BCUT2D eigenvalue weighted by atomic mass is 16.4. The van der Waals surface area contributed by atoms with Gasteiger partial charge >= 0.3 is 0 Å². The van der Waals surface area contributed by atoms with E-state index in [1.807, 2.05) is 19.1 Å². The number of nitrogens with one attached hydrogen (secondary N) is 1. The monoisotopic (exact) mass is 294 g/mol. The molecule has 0 heterocycles. The number of hydrogen-bond acceptors (Lipinski definition) is 4. The van der Waals surface area contributed by atoms with Crippen LogP contribution in [0.2, 0.25) is 0 Å². The molecule has 1 N–H and O–H groups in total. The van der Waals surface area contributed by atoms with Crippen LogP contribution < -0.4 is 10.4 Å². The van der Waals surface area contributed by atoms with Crippen molar-refractivity contribution in [3.8, 4) is 0 Å². The van der Waals surface area contributed by atoms with E-state index in [4.69, 9.17) is 0 Å². The predicted molar refractivity (Wildman–Crippen MR) is 83.7 cm³/mol. The number of hydrogen-bond donors (Lipinski definition) is 1. The summed E-state index contributed by atoms with van der Waals surface area (Å²) in [5, 5.41) is 13.7. The molecule has 0 saturated carbocycles. The Morgan fingerprint density at radius 3 is 2.05 bits per heavy atom. The lowest BCUT2D eigenvalue weighted by Crippen LogP contribution is -2.21. The number of carbonyl (C=O) groups is 2. The predicted octanol–water partition coefficient (Wildman–Crippen LogP) is 2.56. The molecule has 0 aliphatic rings. The SMILES string of the molecule is C/C(=C\C(=O)c1ccc(C)cc1)Nc1ccc(C(=O)[O-])cc1. The van der Waals surface area contributed by atoms with E-state index in [1.165, 1.54) is 18.2 Å². The van der Waals surface area contributed by atoms with Gasteiger partial charge in [0.2, 0.25) is 0 Å². The fourth-order valence-electron chi connectivity index (χ4n) is 1.95. The topological polar surface area (TPSA) is 69.2 Å². The largest absolute Gasteiger partial charge is 0.545 e. The first-order chi connectivity index (χ1) is 10.5. The van der Waals surface area contributed by atoms with Gasteiger partial charge in [-0.3, -0.25) is 4.79 Å². The van der Waals surface area contributed by atoms with E-state index in [0.717, 1.165) is 5.56 Å². The molecule has 0 atom stereocenters. The number of benzene rings is 2. The zero-order chi connectivity index (χ0) is 16.1. The number of carbonyl (C=O) groups excluding carboxylic acids is 2. The standard InChI is InChI=1S/C18H17NO3/c1-12-3-5-14(6-4-12)17(20)11-13(2)19-16-9-7-15(8-10-16)18(21)22/h3-11,19H,1-2H3,(H,21,22)/p-1/b13-11+. The van der Waals surface area contributed by atoms with Crippen molar-refractivity contribution in [2.75, 3.05) is 5.32 Å². The van der Waals surface area contributed by atoms with Gasteiger partial charge in [-0.1, -0.05) is 42.0 Å². The summed E-state index contributed by atoms with van der Waals surface area (Å²) in [4.78, 5) is 22.8. The number of allylic oxidation sites excluding steroid dienone is 2. The van der Waals surface area contributed by atoms with Gasteiger partial charge in [-0.2, -0.15) is 0 Å². The highest BCUT2D eigenvalue weighted by Gasteiger charge is 2.03. The summed E-state index contributed by atoms with van der Waals surface area (Å²) < 4.78 is 0. The van der Waals surface area contributed by atoms with E-state index in [-0.39, 0.29) is 11.3 Å². The molecular formula is C18H16NO3-. The Labute approximate surface area is 129 Å². The van der Waals surface area contributed by atoms with Crippen LogP contribution in [0.5, 0.6) is 0 Å². The third-order valence-electron chi connectivity index (χ3n) is 3.15. The second kappa shape index (κ2) is 6.72. The Morgan fingerprint density at radius 1 is 0.955 bits per heavy atom. The lowest BCUT2D eigenvalue weighted by molar-refractivity contribution is -0.255. The minimum atomic E-state index is -1.21. The molecule has 0 aliphatic heterocycles. The molecule has 0 aromatic heterocycles. The highest BCUT2D eigenvalue weighted by Crippen LogP contribution is 2.12. The molecule has 0 bridgehead atoms. The minimum absolute atomic E-state index is 0.0867. The third-order valence-corrected chi connectivity index (χ3v) is 3.15. The first-order valence-corrected chi connectivity index (χ1v) is 6.83. The second-order valence-electron chi connectivity index (χ2n) is 5.05. The van der Waals surface area contributed by atoms with Crippen LogP contribution in [0.3, 0.4) is 0 Å². The molecule has 0 fully saturated rings. The van der Waals surface area contributed by atoms with E-state index in [9.17, 15) is 14.7 Å². The van der Waals surface area contributed by atoms with Gasteiger partial charge in [0.05, 0.1) is 5.97 Å². The molecule has 4 heteroatoms. The number of aryl methyl sites for hydroxylation is 1. The van der Waals surface area contributed by atoms with Crippen LogP contribution in [0, 0.1) is 6.92 Å². The van der Waals surface area contributed by atoms with Gasteiger partial charge in [-0.25, -0.2) is 0 Å². The fourth-order valence-corrected chi connectivity index (χ4v) is 1.95. The number of carboxylic acid groups (broad SMARTS) is 1. The van der Waals surface area contributed by atoms with Crippen LogP contribution in [-0.2, 0) is 0 Å². The van der Waals surface area contributed by atoms with Crippen LogP contribution >= 0.6 is 0 Å². The third kappa shape index (κ3) is 4.06. The van der Waals surface area contributed by atoms with Crippen molar-refractivity contribution in [3.05, 3.63) is 77.0 Å². The van der Waals surface area contributed by atoms with E-state index < -0.39 is 5.97 Å². The number of carboxylic acids is 1. The molecule has 0 saturated heterocycles. The Kier molecular flexibility index (Phi) is 4.73. The molecule has 4 nitrogen and oxygen atoms in total. The smallest absolute Gasteiger partial charge is 0.187 e. The van der Waals surface area contributed by atoms with E-state index in [1.54, 1.807) is 31.2 Å². The molecule has 0 spiro atoms. The van der Waals surface area contributed by atoms with E-state index >= 15 is 0 Å². The van der Waals surface area contributed by atoms with E-state index in [0.29, 0.717) is 16.9 Å². The Morgan fingerprint density at radius 2 is 1.50 bits per heavy atom. The average molecular weight is 294 g/mol. The summed E-state index contributed by atoms with van der Waals surface area (Å²) in [5.41, 5.74) is 3.22. The molecular weight excluding hydrogens is 278 g/mol. The van der Waals surface area contributed by atoms with Crippen LogP contribution in [-0.4, -0.2) is 11.8 Å². The van der Waals surface area contributed by atoms with Crippen LogP contribution in [0.4, 0.5) is 5.69 Å². The van der Waals surface area contributed by atoms with Gasteiger partial charge in [-0.15, -0.1) is 0 Å². The van der Waals surface area contributed by atoms with Crippen molar-refractivity contribution in [2.24, 2.45) is 0 Å². The van der Waals surface area contributed by atoms with Crippen molar-refractivity contribution >= 4 is 17.4 Å². The maximum Gasteiger partial charge on any atom is 0.187 e. The van der Waals surface area contributed by atoms with Gasteiger partial charge in [0.15, 0.2) is 5.78 Å². The van der Waals surface area contributed by atoms with Crippen LogP contribution in [0.25, 0.3) is 0 Å². The Bertz CT molecular complexity index is 713. The quantitative estimate of drug-likeness (QED) is 0.679. The van der Waals surface area contributed by atoms with Gasteiger partial charge in [0.25, 0.3) is 0 Å². The summed E-state index contributed by atoms with van der Waals surface area (Å²) >= 11 is 0. The molecule has 0 aliphatic carbocycles. The lowest BCUT2D eigenvalue weighted by atomic mass is 10.1. The zero-order valence-corrected chi connectivity index (χ0v) is 12.4. The summed E-state index contributed by atoms with van der Waals surface area (Å²) in [6.07, 6.45) is 1.51. The number of aromatic carboxylic acids is 1. The fraction of sp³-hybridized carbons (Fsp3) is 0.111. The summed E-state index contributed by atoms with van der Waals surface area (Å²) in [6, 6.07) is 13.5. The van der Waals surface area contributed by atoms with Gasteiger partial charge in [-0.05, 0) is 31.5 Å². The minimum Gasteiger partial charge on any atom is -0.545 e. The Balaban J connectivity index is 2.07. The van der Waals surface area contributed by atoms with Crippen LogP contribution in [0.1, 0.15) is 33.2 Å². The normalized spacial score (nSPS) is 11.1. The van der Waals surface area contributed by atoms with Gasteiger partial charge in [0.1, 0.15) is 0 Å². The lowest BCUT2D eigenvalue weighted by Gasteiger charge is -2.08. The first-order valence-electron chi connectivity index (χ1n) is 6.83. The van der Waals surface area contributed by atoms with Crippen molar-refractivity contribution < 1.29 is 14.7 Å². The van der Waals surface area contributed by atoms with Crippen LogP contribution in [0.15, 0.2) is 60.3 Å². The van der Waals surface area contributed by atoms with Crippen molar-refractivity contribution in [2.45, 2.75) is 13.8 Å². The molecule has 2 aromatic rings. The van der Waals surface area contributed by atoms with Crippen molar-refractivity contribution in [3.63, 3.8) is 0 Å². The molecule has 112 valence electrons. The molecule has 0 unspecified atom stereocenters. The summed E-state index contributed by atoms with van der Waals surface area (Å²) in [7, 11) is 0. The summed E-state index contributed by atoms with van der Waals surface area (Å²) in [6.45, 7) is 3.74. The second-order valence-corrected chi connectivity index (χ2v) is 5.05. The molecule has 0 radical (unpaired) electrons. The average Bonchev–Trinajstić information content (AvgIpc) is 2.48. The molecule has 2 aromatic carbocycles. The summed E-state index contributed by atoms with van der Waals surface area (Å²) in [5.74, 6) is -1.30. The zero-order valence-electron chi connectivity index (χ0n) is 12.4. The maximum absolute atomic E-state index is 12.1. The Hall–Kier alpha value is -2.88. The van der Waals surface area contributed by atoms with Crippen molar-refractivity contribution in [1.29, 1.82) is 0 Å². The first kappa shape index (κ1) is 15.5. The van der Waals surface area contributed by atoms with Gasteiger partial charge in [0, 0.05) is 23.0 Å². The molecule has 0 amide bonds. The van der Waals surface area contributed by atoms with Gasteiger partial charge < -0.3 is 15.2 Å². The molecule has 22 heavy (non-hydrogen) atoms. The number of anilines is 1. The van der Waals surface area contributed by atoms with E-state index in [2.05, 4.69) is 5.32 Å². The molecule has 2 rings (SSSR count). The van der Waals surface area contributed by atoms with Crippen molar-refractivity contribution in [1.82, 2.24) is 0 Å².